The van der Waals surface area contributed by atoms with Crippen LogP contribution in [0.2, 0.25) is 0 Å². The molecule has 23 heavy (non-hydrogen) atoms. The minimum absolute atomic E-state index is 0.00168. The second-order valence-corrected chi connectivity index (χ2v) is 9.45. The van der Waals surface area contributed by atoms with Crippen LogP contribution >= 0.6 is 0 Å². The maximum Gasteiger partial charge on any atom is 0.0836 e. The summed E-state index contributed by atoms with van der Waals surface area (Å²) in [6, 6.07) is 0. The van der Waals surface area contributed by atoms with E-state index in [4.69, 9.17) is 0 Å². The van der Waals surface area contributed by atoms with E-state index in [2.05, 4.69) is 13.8 Å². The quantitative estimate of drug-likeness (QED) is 0.547. The summed E-state index contributed by atoms with van der Waals surface area (Å²) in [6.07, 6.45) is 4.15. The minimum atomic E-state index is -0.740. The number of hydrogen-bond donors (Lipinski definition) is 4. The average Bonchev–Trinajstić information content (AvgIpc) is 2.82. The Hall–Kier alpha value is -0.160. The lowest BCUT2D eigenvalue weighted by Crippen LogP contribution is -2.64. The van der Waals surface area contributed by atoms with Crippen LogP contribution < -0.4 is 0 Å². The standard InChI is InChI=1S/C19H32O4/c1-18-7-5-10(20)9-13(18)16(22)17(23)15-11-3-4-14(21)19(11,2)8-6-12(15)18/h10-17,20-23H,3-9H2,1-2H3/t10-,11-,12-,13+,14-,15-,16+,17+,18+,19-/m0/s1. The van der Waals surface area contributed by atoms with Gasteiger partial charge in [-0.25, -0.2) is 0 Å². The van der Waals surface area contributed by atoms with Gasteiger partial charge in [-0.2, -0.15) is 0 Å². The highest BCUT2D eigenvalue weighted by Gasteiger charge is 2.64. The number of hydrogen-bond acceptors (Lipinski definition) is 4. The van der Waals surface area contributed by atoms with Crippen LogP contribution in [0.15, 0.2) is 0 Å². The molecule has 0 aliphatic heterocycles. The molecule has 0 heterocycles. The summed E-state index contributed by atoms with van der Waals surface area (Å²) in [7, 11) is 0. The van der Waals surface area contributed by atoms with Gasteiger partial charge in [-0.3, -0.25) is 0 Å². The van der Waals surface area contributed by atoms with Crippen molar-refractivity contribution in [3.05, 3.63) is 0 Å². The molecule has 0 radical (unpaired) electrons. The van der Waals surface area contributed by atoms with Gasteiger partial charge in [0, 0.05) is 0 Å². The molecule has 4 heteroatoms. The summed E-state index contributed by atoms with van der Waals surface area (Å²) in [4.78, 5) is 0. The summed E-state index contributed by atoms with van der Waals surface area (Å²) in [5.41, 5.74) is -0.0866. The summed E-state index contributed by atoms with van der Waals surface area (Å²) in [5, 5.41) is 42.3. The van der Waals surface area contributed by atoms with Crippen LogP contribution in [-0.4, -0.2) is 44.8 Å². The predicted octanol–water partition coefficient (Wildman–Crippen LogP) is 1.69. The topological polar surface area (TPSA) is 80.9 Å². The van der Waals surface area contributed by atoms with Gasteiger partial charge in [-0.05, 0) is 79.4 Å². The van der Waals surface area contributed by atoms with Crippen LogP contribution in [0.1, 0.15) is 58.8 Å². The molecule has 0 bridgehead atoms. The van der Waals surface area contributed by atoms with Crippen LogP contribution in [0.4, 0.5) is 0 Å². The van der Waals surface area contributed by atoms with E-state index in [1.807, 2.05) is 0 Å². The molecule has 10 atom stereocenters. The molecule has 4 nitrogen and oxygen atoms in total. The smallest absolute Gasteiger partial charge is 0.0836 e. The zero-order chi connectivity index (χ0) is 16.6. The molecule has 0 aromatic heterocycles. The zero-order valence-corrected chi connectivity index (χ0v) is 14.4. The van der Waals surface area contributed by atoms with Crippen LogP contribution in [0.25, 0.3) is 0 Å². The lowest BCUT2D eigenvalue weighted by atomic mass is 9.43. The molecule has 4 saturated carbocycles. The monoisotopic (exact) mass is 324 g/mol. The third-order valence-corrected chi connectivity index (χ3v) is 8.68. The van der Waals surface area contributed by atoms with Crippen molar-refractivity contribution in [3.8, 4) is 0 Å². The zero-order valence-electron chi connectivity index (χ0n) is 14.4. The SMILES string of the molecule is C[C@]12CC[C@H](O)C[C@@H]1[C@@H](O)[C@H](O)[C@@H]1[C@@H]2CC[C@]2(C)[C@@H](O)CC[C@@H]12. The van der Waals surface area contributed by atoms with Crippen molar-refractivity contribution < 1.29 is 20.4 Å². The van der Waals surface area contributed by atoms with Crippen molar-refractivity contribution in [3.63, 3.8) is 0 Å². The van der Waals surface area contributed by atoms with Crippen LogP contribution in [0.5, 0.6) is 0 Å². The molecule has 132 valence electrons. The van der Waals surface area contributed by atoms with Gasteiger partial charge < -0.3 is 20.4 Å². The Morgan fingerprint density at radius 2 is 1.35 bits per heavy atom. The van der Waals surface area contributed by atoms with E-state index in [1.54, 1.807) is 0 Å². The molecule has 0 aromatic rings. The first-order valence-electron chi connectivity index (χ1n) is 9.51. The number of aliphatic hydroxyl groups is 4. The summed E-state index contributed by atoms with van der Waals surface area (Å²) >= 11 is 0. The highest BCUT2D eigenvalue weighted by atomic mass is 16.3. The molecule has 4 aliphatic carbocycles. The maximum atomic E-state index is 10.9. The minimum Gasteiger partial charge on any atom is -0.393 e. The summed E-state index contributed by atoms with van der Waals surface area (Å²) in [6.45, 7) is 4.47. The molecule has 4 N–H and O–H groups in total. The number of rotatable bonds is 0. The van der Waals surface area contributed by atoms with E-state index < -0.39 is 12.2 Å². The van der Waals surface area contributed by atoms with Gasteiger partial charge in [-0.15, -0.1) is 0 Å². The molecule has 0 amide bonds. The van der Waals surface area contributed by atoms with Gasteiger partial charge >= 0.3 is 0 Å². The first kappa shape index (κ1) is 16.3. The normalized spacial score (nSPS) is 62.3. The van der Waals surface area contributed by atoms with Crippen molar-refractivity contribution in [1.29, 1.82) is 0 Å². The first-order valence-corrected chi connectivity index (χ1v) is 9.51. The number of fused-ring (bicyclic) bond motifs is 5. The Kier molecular flexibility index (Phi) is 3.67. The Balaban J connectivity index is 1.72. The third-order valence-electron chi connectivity index (χ3n) is 8.68. The fourth-order valence-electron chi connectivity index (χ4n) is 7.21. The highest BCUT2D eigenvalue weighted by molar-refractivity contribution is 5.13. The van der Waals surface area contributed by atoms with Gasteiger partial charge in [0.1, 0.15) is 0 Å². The van der Waals surface area contributed by atoms with Gasteiger partial charge in [-0.1, -0.05) is 13.8 Å². The maximum absolute atomic E-state index is 10.9. The van der Waals surface area contributed by atoms with Crippen LogP contribution in [-0.2, 0) is 0 Å². The van der Waals surface area contributed by atoms with Gasteiger partial charge in [0.25, 0.3) is 0 Å². The van der Waals surface area contributed by atoms with E-state index in [-0.39, 0.29) is 34.9 Å². The fourth-order valence-corrected chi connectivity index (χ4v) is 7.21. The summed E-state index contributed by atoms with van der Waals surface area (Å²) < 4.78 is 0. The Morgan fingerprint density at radius 1 is 0.696 bits per heavy atom. The third kappa shape index (κ3) is 2.04. The van der Waals surface area contributed by atoms with Crippen LogP contribution in [0.3, 0.4) is 0 Å². The largest absolute Gasteiger partial charge is 0.393 e. The van der Waals surface area contributed by atoms with Crippen LogP contribution in [0, 0.1) is 34.5 Å². The van der Waals surface area contributed by atoms with E-state index in [1.165, 1.54) is 0 Å². The molecule has 0 saturated heterocycles. The molecule has 4 rings (SSSR count). The van der Waals surface area contributed by atoms with Gasteiger partial charge in [0.05, 0.1) is 24.4 Å². The molecular weight excluding hydrogens is 292 g/mol. The second kappa shape index (κ2) is 5.17. The molecule has 0 aromatic carbocycles. The number of aliphatic hydroxyl groups excluding tert-OH is 4. The lowest BCUT2D eigenvalue weighted by Gasteiger charge is -2.63. The van der Waals surface area contributed by atoms with E-state index >= 15 is 0 Å². The van der Waals surface area contributed by atoms with Crippen molar-refractivity contribution in [2.24, 2.45) is 34.5 Å². The van der Waals surface area contributed by atoms with Crippen molar-refractivity contribution in [1.82, 2.24) is 0 Å². The molecule has 0 spiro atoms. The van der Waals surface area contributed by atoms with Crippen molar-refractivity contribution in [2.75, 3.05) is 0 Å². The Morgan fingerprint density at radius 3 is 2.09 bits per heavy atom. The Bertz CT molecular complexity index is 482. The van der Waals surface area contributed by atoms with Gasteiger partial charge in [0.2, 0.25) is 0 Å². The molecule has 0 unspecified atom stereocenters. The average molecular weight is 324 g/mol. The first-order chi connectivity index (χ1) is 10.8. The second-order valence-electron chi connectivity index (χ2n) is 9.45. The van der Waals surface area contributed by atoms with Crippen molar-refractivity contribution in [2.45, 2.75) is 83.2 Å². The van der Waals surface area contributed by atoms with E-state index in [9.17, 15) is 20.4 Å². The van der Waals surface area contributed by atoms with E-state index in [0.717, 1.165) is 38.5 Å². The molecule has 4 aliphatic rings. The molecular formula is C19H32O4. The fraction of sp³-hybridized carbons (Fsp3) is 1.00. The van der Waals surface area contributed by atoms with E-state index in [0.29, 0.717) is 18.3 Å². The van der Waals surface area contributed by atoms with Gasteiger partial charge in [0.15, 0.2) is 0 Å². The lowest BCUT2D eigenvalue weighted by molar-refractivity contribution is -0.224. The summed E-state index contributed by atoms with van der Waals surface area (Å²) in [5.74, 6) is 0.808. The predicted molar refractivity (Wildman–Crippen MR) is 86.5 cm³/mol. The van der Waals surface area contributed by atoms with Crippen molar-refractivity contribution >= 4 is 0 Å². The Labute approximate surface area is 138 Å². The highest BCUT2D eigenvalue weighted by Crippen LogP contribution is 2.66. The molecule has 4 fully saturated rings.